The van der Waals surface area contributed by atoms with Crippen molar-refractivity contribution in [2.75, 3.05) is 5.32 Å². The average Bonchev–Trinajstić information content (AvgIpc) is 2.74. The number of hydrogen-bond donors (Lipinski definition) is 2. The van der Waals surface area contributed by atoms with Gasteiger partial charge in [0.1, 0.15) is 10.7 Å². The smallest absolute Gasteiger partial charge is 0.347 e. The summed E-state index contributed by atoms with van der Waals surface area (Å²) in [5.74, 6) is -1.42. The van der Waals surface area contributed by atoms with Gasteiger partial charge in [-0.3, -0.25) is 0 Å². The Morgan fingerprint density at radius 3 is 2.89 bits per heavy atom. The van der Waals surface area contributed by atoms with E-state index in [9.17, 15) is 9.18 Å². The Labute approximate surface area is 115 Å². The molecule has 0 aliphatic rings. The number of carboxylic acids is 1. The number of rotatable bonds is 3. The molecule has 0 unspecified atom stereocenters. The number of benzene rings is 1. The van der Waals surface area contributed by atoms with Crippen molar-refractivity contribution >= 4 is 44.1 Å². The van der Waals surface area contributed by atoms with Gasteiger partial charge in [0.15, 0.2) is 5.13 Å². The summed E-state index contributed by atoms with van der Waals surface area (Å²) in [6, 6.07) is 2.98. The van der Waals surface area contributed by atoms with E-state index in [2.05, 4.69) is 26.2 Å². The maximum Gasteiger partial charge on any atom is 0.347 e. The summed E-state index contributed by atoms with van der Waals surface area (Å²) in [5.41, 5.74) is 1.39. The Hall–Kier alpha value is -1.47. The SMILES string of the molecule is Cc1cc(Br)c(F)cc1Nc1ncc(C(=O)O)s1. The first-order chi connectivity index (χ1) is 8.47. The van der Waals surface area contributed by atoms with Crippen LogP contribution in [0.4, 0.5) is 15.2 Å². The number of anilines is 2. The van der Waals surface area contributed by atoms with Gasteiger partial charge in [-0.25, -0.2) is 14.2 Å². The lowest BCUT2D eigenvalue weighted by molar-refractivity contribution is 0.0702. The zero-order valence-electron chi connectivity index (χ0n) is 9.20. The fraction of sp³-hybridized carbons (Fsp3) is 0.0909. The number of thiazole rings is 1. The maximum atomic E-state index is 13.4. The molecule has 1 aromatic heterocycles. The van der Waals surface area contributed by atoms with E-state index in [0.29, 0.717) is 15.3 Å². The van der Waals surface area contributed by atoms with Crippen molar-refractivity contribution in [3.05, 3.63) is 39.1 Å². The van der Waals surface area contributed by atoms with E-state index in [1.807, 2.05) is 6.92 Å². The van der Waals surface area contributed by atoms with Crippen molar-refractivity contribution in [2.24, 2.45) is 0 Å². The van der Waals surface area contributed by atoms with Gasteiger partial charge in [0, 0.05) is 5.69 Å². The molecule has 2 N–H and O–H groups in total. The van der Waals surface area contributed by atoms with Gasteiger partial charge in [-0.1, -0.05) is 11.3 Å². The molecule has 0 saturated heterocycles. The van der Waals surface area contributed by atoms with Crippen LogP contribution in [0.25, 0.3) is 0 Å². The van der Waals surface area contributed by atoms with Gasteiger partial charge < -0.3 is 10.4 Å². The average molecular weight is 331 g/mol. The fourth-order valence-electron chi connectivity index (χ4n) is 1.33. The largest absolute Gasteiger partial charge is 0.477 e. The fourth-order valence-corrected chi connectivity index (χ4v) is 2.45. The van der Waals surface area contributed by atoms with E-state index < -0.39 is 11.8 Å². The van der Waals surface area contributed by atoms with Crippen LogP contribution in [0.15, 0.2) is 22.8 Å². The van der Waals surface area contributed by atoms with Crippen molar-refractivity contribution < 1.29 is 14.3 Å². The van der Waals surface area contributed by atoms with Crippen molar-refractivity contribution in [3.8, 4) is 0 Å². The topological polar surface area (TPSA) is 62.2 Å². The molecule has 1 heterocycles. The molecule has 0 radical (unpaired) electrons. The molecule has 2 rings (SSSR count). The quantitative estimate of drug-likeness (QED) is 0.898. The van der Waals surface area contributed by atoms with Crippen LogP contribution in [0, 0.1) is 12.7 Å². The molecular formula is C11H8BrFN2O2S. The minimum absolute atomic E-state index is 0.132. The van der Waals surface area contributed by atoms with Crippen LogP contribution in [-0.4, -0.2) is 16.1 Å². The minimum Gasteiger partial charge on any atom is -0.477 e. The molecule has 0 fully saturated rings. The highest BCUT2D eigenvalue weighted by molar-refractivity contribution is 9.10. The van der Waals surface area contributed by atoms with Gasteiger partial charge in [-0.15, -0.1) is 0 Å². The van der Waals surface area contributed by atoms with Gasteiger partial charge in [-0.2, -0.15) is 0 Å². The zero-order valence-corrected chi connectivity index (χ0v) is 11.6. The Morgan fingerprint density at radius 1 is 1.56 bits per heavy atom. The molecule has 4 nitrogen and oxygen atoms in total. The summed E-state index contributed by atoms with van der Waals surface area (Å²) < 4.78 is 13.8. The van der Waals surface area contributed by atoms with Crippen molar-refractivity contribution in [1.29, 1.82) is 0 Å². The summed E-state index contributed by atoms with van der Waals surface area (Å²) in [6.45, 7) is 1.82. The third kappa shape index (κ3) is 2.68. The highest BCUT2D eigenvalue weighted by atomic mass is 79.9. The molecule has 94 valence electrons. The number of aromatic carboxylic acids is 1. The van der Waals surface area contributed by atoms with E-state index in [1.165, 1.54) is 12.3 Å². The first-order valence-electron chi connectivity index (χ1n) is 4.89. The monoisotopic (exact) mass is 330 g/mol. The van der Waals surface area contributed by atoms with Gasteiger partial charge in [0.25, 0.3) is 0 Å². The zero-order chi connectivity index (χ0) is 13.3. The number of aromatic nitrogens is 1. The van der Waals surface area contributed by atoms with Crippen LogP contribution in [-0.2, 0) is 0 Å². The van der Waals surface area contributed by atoms with Crippen LogP contribution in [0.5, 0.6) is 0 Å². The minimum atomic E-state index is -1.03. The van der Waals surface area contributed by atoms with E-state index >= 15 is 0 Å². The molecule has 0 aliphatic heterocycles. The van der Waals surface area contributed by atoms with Crippen LogP contribution >= 0.6 is 27.3 Å². The number of nitrogens with one attached hydrogen (secondary N) is 1. The summed E-state index contributed by atoms with van der Waals surface area (Å²) in [6.07, 6.45) is 1.26. The second-order valence-electron chi connectivity index (χ2n) is 3.54. The molecule has 2 aromatic rings. The lowest BCUT2D eigenvalue weighted by Crippen LogP contribution is -1.94. The first-order valence-corrected chi connectivity index (χ1v) is 6.50. The second-order valence-corrected chi connectivity index (χ2v) is 5.43. The second kappa shape index (κ2) is 5.03. The number of halogens is 2. The lowest BCUT2D eigenvalue weighted by Gasteiger charge is -2.07. The molecule has 7 heteroatoms. The standard InChI is InChI=1S/C11H8BrFN2O2S/c1-5-2-6(12)7(13)3-8(5)15-11-14-4-9(18-11)10(16)17/h2-4H,1H3,(H,14,15)(H,16,17). The third-order valence-corrected chi connectivity index (χ3v) is 3.73. The number of hydrogen-bond acceptors (Lipinski definition) is 4. The molecule has 0 amide bonds. The highest BCUT2D eigenvalue weighted by Gasteiger charge is 2.10. The van der Waals surface area contributed by atoms with Crippen LogP contribution < -0.4 is 5.32 Å². The molecule has 18 heavy (non-hydrogen) atoms. The Morgan fingerprint density at radius 2 is 2.28 bits per heavy atom. The predicted octanol–water partition coefficient (Wildman–Crippen LogP) is 3.79. The van der Waals surface area contributed by atoms with Crippen LogP contribution in [0.2, 0.25) is 0 Å². The van der Waals surface area contributed by atoms with Crippen LogP contribution in [0.1, 0.15) is 15.2 Å². The number of carboxylic acid groups (broad SMARTS) is 1. The van der Waals surface area contributed by atoms with Crippen LogP contribution in [0.3, 0.4) is 0 Å². The number of aryl methyl sites for hydroxylation is 1. The van der Waals surface area contributed by atoms with E-state index in [0.717, 1.165) is 16.9 Å². The van der Waals surface area contributed by atoms with E-state index in [1.54, 1.807) is 6.07 Å². The van der Waals surface area contributed by atoms with Crippen molar-refractivity contribution in [1.82, 2.24) is 4.98 Å². The third-order valence-electron chi connectivity index (χ3n) is 2.23. The molecule has 0 atom stereocenters. The Kier molecular flexibility index (Phi) is 3.63. The summed E-state index contributed by atoms with van der Waals surface area (Å²) in [4.78, 5) is 14.8. The Bertz CT molecular complexity index is 615. The summed E-state index contributed by atoms with van der Waals surface area (Å²) >= 11 is 4.09. The maximum absolute atomic E-state index is 13.4. The normalized spacial score (nSPS) is 10.4. The van der Waals surface area contributed by atoms with Gasteiger partial charge >= 0.3 is 5.97 Å². The predicted molar refractivity (Wildman–Crippen MR) is 71.2 cm³/mol. The van der Waals surface area contributed by atoms with Crippen molar-refractivity contribution in [3.63, 3.8) is 0 Å². The molecule has 0 spiro atoms. The summed E-state index contributed by atoms with van der Waals surface area (Å²) in [7, 11) is 0. The van der Waals surface area contributed by atoms with Gasteiger partial charge in [-0.05, 0) is 40.5 Å². The molecule has 1 aromatic carbocycles. The Balaban J connectivity index is 2.28. The van der Waals surface area contributed by atoms with E-state index in [-0.39, 0.29) is 4.88 Å². The van der Waals surface area contributed by atoms with Gasteiger partial charge in [0.05, 0.1) is 10.7 Å². The molecular weight excluding hydrogens is 323 g/mol. The summed E-state index contributed by atoms with van der Waals surface area (Å²) in [5, 5.41) is 12.1. The number of nitrogens with zero attached hydrogens (tertiary/aromatic N) is 1. The first kappa shape index (κ1) is 13.0. The molecule has 0 bridgehead atoms. The van der Waals surface area contributed by atoms with Crippen molar-refractivity contribution in [2.45, 2.75) is 6.92 Å². The van der Waals surface area contributed by atoms with E-state index in [4.69, 9.17) is 5.11 Å². The number of carbonyl (C=O) groups is 1. The molecule has 0 saturated carbocycles. The highest BCUT2D eigenvalue weighted by Crippen LogP contribution is 2.28. The van der Waals surface area contributed by atoms with Gasteiger partial charge in [0.2, 0.25) is 0 Å². The lowest BCUT2D eigenvalue weighted by atomic mass is 10.2. The molecule has 0 aliphatic carbocycles.